The van der Waals surface area contributed by atoms with Crippen molar-refractivity contribution < 1.29 is 0 Å². The lowest BCUT2D eigenvalue weighted by atomic mass is 10.2. The molecule has 0 atom stereocenters. The van der Waals surface area contributed by atoms with Crippen molar-refractivity contribution in [2.24, 2.45) is 11.7 Å². The van der Waals surface area contributed by atoms with Gasteiger partial charge in [-0.3, -0.25) is 0 Å². The van der Waals surface area contributed by atoms with Crippen LogP contribution in [0.5, 0.6) is 0 Å². The molecule has 18 heavy (non-hydrogen) atoms. The van der Waals surface area contributed by atoms with E-state index in [4.69, 9.17) is 5.73 Å². The maximum Gasteiger partial charge on any atom is 0.0645 e. The summed E-state index contributed by atoms with van der Waals surface area (Å²) >= 11 is 0. The van der Waals surface area contributed by atoms with Gasteiger partial charge in [-0.2, -0.15) is 5.10 Å². The van der Waals surface area contributed by atoms with Crippen molar-refractivity contribution in [3.63, 3.8) is 0 Å². The van der Waals surface area contributed by atoms with Crippen LogP contribution in [0.15, 0.2) is 36.5 Å². The van der Waals surface area contributed by atoms with Gasteiger partial charge in [-0.15, -0.1) is 0 Å². The monoisotopic (exact) mass is 241 g/mol. The zero-order valence-electron chi connectivity index (χ0n) is 10.5. The summed E-state index contributed by atoms with van der Waals surface area (Å²) in [5, 5.41) is 4.62. The Morgan fingerprint density at radius 1 is 1.17 bits per heavy atom. The van der Waals surface area contributed by atoms with Crippen molar-refractivity contribution in [1.82, 2.24) is 9.78 Å². The number of aryl methyl sites for hydroxylation is 1. The highest BCUT2D eigenvalue weighted by Gasteiger charge is 2.20. The molecule has 0 amide bonds. The molecule has 3 heteroatoms. The first kappa shape index (κ1) is 11.5. The number of aromatic nitrogens is 2. The topological polar surface area (TPSA) is 43.8 Å². The van der Waals surface area contributed by atoms with Crippen molar-refractivity contribution in [1.29, 1.82) is 0 Å². The van der Waals surface area contributed by atoms with Crippen LogP contribution in [-0.2, 0) is 13.0 Å². The van der Waals surface area contributed by atoms with Crippen molar-refractivity contribution in [3.05, 3.63) is 47.8 Å². The zero-order valence-corrected chi connectivity index (χ0v) is 10.5. The van der Waals surface area contributed by atoms with E-state index in [1.54, 1.807) is 0 Å². The van der Waals surface area contributed by atoms with E-state index >= 15 is 0 Å². The number of rotatable bonds is 5. The Bertz CT molecular complexity index is 509. The largest absolute Gasteiger partial charge is 0.326 e. The predicted molar refractivity (Wildman–Crippen MR) is 72.5 cm³/mol. The van der Waals surface area contributed by atoms with Crippen LogP contribution in [0, 0.1) is 5.92 Å². The van der Waals surface area contributed by atoms with Crippen LogP contribution in [0.1, 0.15) is 30.5 Å². The predicted octanol–water partition coefficient (Wildman–Crippen LogP) is 2.67. The first-order valence-electron chi connectivity index (χ1n) is 6.69. The Morgan fingerprint density at radius 3 is 2.61 bits per heavy atom. The van der Waals surface area contributed by atoms with Crippen LogP contribution in [0.3, 0.4) is 0 Å². The highest BCUT2D eigenvalue weighted by Crippen LogP contribution is 2.33. The maximum absolute atomic E-state index is 5.59. The summed E-state index contributed by atoms with van der Waals surface area (Å²) in [5.41, 5.74) is 9.05. The molecule has 0 saturated heterocycles. The minimum atomic E-state index is 0.589. The average Bonchev–Trinajstić information content (AvgIpc) is 3.14. The van der Waals surface area contributed by atoms with Gasteiger partial charge in [-0.1, -0.05) is 25.0 Å². The summed E-state index contributed by atoms with van der Waals surface area (Å²) in [6.07, 6.45) is 7.28. The van der Waals surface area contributed by atoms with Gasteiger partial charge < -0.3 is 5.73 Å². The van der Waals surface area contributed by atoms with Crippen LogP contribution < -0.4 is 5.73 Å². The molecule has 1 aromatic heterocycles. The summed E-state index contributed by atoms with van der Waals surface area (Å²) in [6, 6.07) is 10.4. The molecule has 1 aromatic carbocycles. The van der Waals surface area contributed by atoms with Crippen molar-refractivity contribution in [3.8, 4) is 5.69 Å². The van der Waals surface area contributed by atoms with Crippen LogP contribution in [0.25, 0.3) is 5.69 Å². The third kappa shape index (κ3) is 2.62. The van der Waals surface area contributed by atoms with Gasteiger partial charge in [-0.05, 0) is 42.5 Å². The Kier molecular flexibility index (Phi) is 3.15. The van der Waals surface area contributed by atoms with E-state index in [0.717, 1.165) is 23.6 Å². The van der Waals surface area contributed by atoms with Crippen molar-refractivity contribution in [2.75, 3.05) is 0 Å². The molecule has 3 nitrogen and oxygen atoms in total. The molecular formula is C15H19N3. The van der Waals surface area contributed by atoms with Gasteiger partial charge in [0.25, 0.3) is 0 Å². The molecular weight excluding hydrogens is 222 g/mol. The Morgan fingerprint density at radius 2 is 1.94 bits per heavy atom. The molecule has 3 rings (SSSR count). The van der Waals surface area contributed by atoms with Crippen molar-refractivity contribution in [2.45, 2.75) is 32.2 Å². The molecule has 1 aliphatic carbocycles. The minimum absolute atomic E-state index is 0.589. The average molecular weight is 241 g/mol. The highest BCUT2D eigenvalue weighted by atomic mass is 15.3. The van der Waals surface area contributed by atoms with E-state index in [2.05, 4.69) is 35.4 Å². The molecule has 0 aliphatic heterocycles. The zero-order chi connectivity index (χ0) is 12.4. The van der Waals surface area contributed by atoms with E-state index in [-0.39, 0.29) is 0 Å². The summed E-state index contributed by atoms with van der Waals surface area (Å²) < 4.78 is 1.95. The third-order valence-corrected chi connectivity index (χ3v) is 3.59. The third-order valence-electron chi connectivity index (χ3n) is 3.59. The van der Waals surface area contributed by atoms with Gasteiger partial charge in [0.15, 0.2) is 0 Å². The second-order valence-corrected chi connectivity index (χ2v) is 5.10. The van der Waals surface area contributed by atoms with E-state index in [1.165, 1.54) is 25.0 Å². The molecule has 1 heterocycles. The molecule has 1 aliphatic rings. The van der Waals surface area contributed by atoms with Crippen molar-refractivity contribution >= 4 is 0 Å². The Balaban J connectivity index is 1.70. The molecule has 94 valence electrons. The van der Waals surface area contributed by atoms with Crippen LogP contribution in [-0.4, -0.2) is 9.78 Å². The molecule has 2 N–H and O–H groups in total. The lowest BCUT2D eigenvalue weighted by Gasteiger charge is -2.02. The summed E-state index contributed by atoms with van der Waals surface area (Å²) in [4.78, 5) is 0. The highest BCUT2D eigenvalue weighted by molar-refractivity contribution is 5.34. The van der Waals surface area contributed by atoms with Gasteiger partial charge >= 0.3 is 0 Å². The molecule has 0 bridgehead atoms. The number of hydrogen-bond acceptors (Lipinski definition) is 2. The molecule has 0 radical (unpaired) electrons. The number of hydrogen-bond donors (Lipinski definition) is 1. The fourth-order valence-electron chi connectivity index (χ4n) is 2.18. The second-order valence-electron chi connectivity index (χ2n) is 5.10. The summed E-state index contributed by atoms with van der Waals surface area (Å²) in [5.74, 6) is 0.971. The quantitative estimate of drug-likeness (QED) is 0.874. The van der Waals surface area contributed by atoms with Gasteiger partial charge in [0, 0.05) is 12.7 Å². The minimum Gasteiger partial charge on any atom is -0.326 e. The fraction of sp³-hybridized carbons (Fsp3) is 0.400. The lowest BCUT2D eigenvalue weighted by Crippen LogP contribution is -1.99. The van der Waals surface area contributed by atoms with E-state index < -0.39 is 0 Å². The van der Waals surface area contributed by atoms with E-state index in [1.807, 2.05) is 10.9 Å². The van der Waals surface area contributed by atoms with Crippen LogP contribution in [0.4, 0.5) is 0 Å². The molecule has 1 fully saturated rings. The fourth-order valence-corrected chi connectivity index (χ4v) is 2.18. The summed E-state index contributed by atoms with van der Waals surface area (Å²) in [7, 11) is 0. The Hall–Kier alpha value is -1.61. The van der Waals surface area contributed by atoms with Gasteiger partial charge in [-0.25, -0.2) is 4.68 Å². The van der Waals surface area contributed by atoms with E-state index in [0.29, 0.717) is 6.54 Å². The van der Waals surface area contributed by atoms with Gasteiger partial charge in [0.05, 0.1) is 11.4 Å². The lowest BCUT2D eigenvalue weighted by molar-refractivity contribution is 0.702. The second kappa shape index (κ2) is 4.94. The first-order valence-corrected chi connectivity index (χ1v) is 6.69. The standard InChI is InChI=1S/C15H19N3/c16-11-13-4-7-15(8-5-13)18-10-9-14(17-18)6-3-12-1-2-12/h4-5,7-10,12H,1-3,6,11,16H2. The van der Waals surface area contributed by atoms with E-state index in [9.17, 15) is 0 Å². The Labute approximate surface area is 108 Å². The molecule has 0 spiro atoms. The van der Waals surface area contributed by atoms with Gasteiger partial charge in [0.1, 0.15) is 0 Å². The number of benzene rings is 1. The first-order chi connectivity index (χ1) is 8.85. The smallest absolute Gasteiger partial charge is 0.0645 e. The number of nitrogens with zero attached hydrogens (tertiary/aromatic N) is 2. The molecule has 1 saturated carbocycles. The van der Waals surface area contributed by atoms with Crippen LogP contribution >= 0.6 is 0 Å². The normalized spacial score (nSPS) is 14.9. The van der Waals surface area contributed by atoms with Gasteiger partial charge in [0.2, 0.25) is 0 Å². The van der Waals surface area contributed by atoms with Crippen LogP contribution in [0.2, 0.25) is 0 Å². The number of nitrogens with two attached hydrogens (primary N) is 1. The SMILES string of the molecule is NCc1ccc(-n2ccc(CCC3CC3)n2)cc1. The molecule has 0 unspecified atom stereocenters. The molecule has 2 aromatic rings. The summed E-state index contributed by atoms with van der Waals surface area (Å²) in [6.45, 7) is 0.589. The maximum atomic E-state index is 5.59.